The molecule has 0 radical (unpaired) electrons. The molecule has 0 heterocycles. The Morgan fingerprint density at radius 1 is 1.04 bits per heavy atom. The minimum atomic E-state index is -0.303. The van der Waals surface area contributed by atoms with Gasteiger partial charge in [0.2, 0.25) is 5.91 Å². The van der Waals surface area contributed by atoms with Crippen LogP contribution in [0.5, 0.6) is 0 Å². The van der Waals surface area contributed by atoms with E-state index in [0.29, 0.717) is 12.6 Å². The van der Waals surface area contributed by atoms with Gasteiger partial charge in [0.25, 0.3) is 0 Å². The molecule has 0 aliphatic heterocycles. The van der Waals surface area contributed by atoms with Crippen molar-refractivity contribution in [1.82, 2.24) is 10.2 Å². The highest BCUT2D eigenvalue weighted by Crippen LogP contribution is 2.19. The molecule has 0 spiro atoms. The molecule has 2 rings (SSSR count). The maximum atomic E-state index is 12.5. The molecule has 1 amide bonds. The van der Waals surface area contributed by atoms with Gasteiger partial charge in [-0.2, -0.15) is 0 Å². The molecular weight excluding hydrogens is 322 g/mol. The van der Waals surface area contributed by atoms with Crippen LogP contribution >= 0.6 is 0 Å². The van der Waals surface area contributed by atoms with Crippen molar-refractivity contribution in [3.8, 4) is 0 Å². The van der Waals surface area contributed by atoms with E-state index < -0.39 is 0 Å². The minimum absolute atomic E-state index is 0.0222. The second kappa shape index (κ2) is 9.51. The van der Waals surface area contributed by atoms with Crippen molar-refractivity contribution < 1.29 is 4.79 Å². The first-order valence-electron chi connectivity index (χ1n) is 9.24. The number of nitrogens with zero attached hydrogens (tertiary/aromatic N) is 1. The van der Waals surface area contributed by atoms with E-state index in [1.165, 1.54) is 5.56 Å². The number of benzene rings is 2. The van der Waals surface area contributed by atoms with Gasteiger partial charge in [-0.3, -0.25) is 9.69 Å². The van der Waals surface area contributed by atoms with E-state index in [1.54, 1.807) is 0 Å². The Hall–Kier alpha value is -2.17. The monoisotopic (exact) mass is 353 g/mol. The fraction of sp³-hybridized carbons (Fsp3) is 0.409. The lowest BCUT2D eigenvalue weighted by molar-refractivity contribution is -0.125. The zero-order valence-corrected chi connectivity index (χ0v) is 16.3. The standard InChI is InChI=1S/C22H31N3O/c1-16(2)25(4)15-19-10-8-9-18(13-19)14-24-22(26)17(3)21(23)20-11-6-5-7-12-20/h5-13,16-17,21H,14-15,23H2,1-4H3,(H,24,26). The van der Waals surface area contributed by atoms with Crippen LogP contribution in [-0.4, -0.2) is 23.9 Å². The summed E-state index contributed by atoms with van der Waals surface area (Å²) < 4.78 is 0. The SMILES string of the molecule is CC(C(=O)NCc1cccc(CN(C)C(C)C)c1)C(N)c1ccccc1. The van der Waals surface area contributed by atoms with Crippen LogP contribution in [0.25, 0.3) is 0 Å². The van der Waals surface area contributed by atoms with Crippen LogP contribution in [0, 0.1) is 5.92 Å². The van der Waals surface area contributed by atoms with Crippen LogP contribution in [0.3, 0.4) is 0 Å². The predicted octanol–water partition coefficient (Wildman–Crippen LogP) is 3.48. The topological polar surface area (TPSA) is 58.4 Å². The summed E-state index contributed by atoms with van der Waals surface area (Å²) in [5.41, 5.74) is 9.59. The van der Waals surface area contributed by atoms with E-state index >= 15 is 0 Å². The van der Waals surface area contributed by atoms with Gasteiger partial charge >= 0.3 is 0 Å². The highest BCUT2D eigenvalue weighted by Gasteiger charge is 2.21. The number of amides is 1. The van der Waals surface area contributed by atoms with E-state index in [9.17, 15) is 4.79 Å². The van der Waals surface area contributed by atoms with Crippen molar-refractivity contribution in [1.29, 1.82) is 0 Å². The maximum Gasteiger partial charge on any atom is 0.225 e. The molecule has 140 valence electrons. The third-order valence-electron chi connectivity index (χ3n) is 4.91. The van der Waals surface area contributed by atoms with E-state index in [1.807, 2.05) is 49.4 Å². The molecule has 0 bridgehead atoms. The third kappa shape index (κ3) is 5.68. The Kier molecular flexibility index (Phi) is 7.37. The van der Waals surface area contributed by atoms with Crippen LogP contribution < -0.4 is 11.1 Å². The van der Waals surface area contributed by atoms with Crippen LogP contribution in [0.15, 0.2) is 54.6 Å². The summed E-state index contributed by atoms with van der Waals surface area (Å²) in [4.78, 5) is 14.8. The van der Waals surface area contributed by atoms with Gasteiger partial charge in [0.1, 0.15) is 0 Å². The lowest BCUT2D eigenvalue weighted by Crippen LogP contribution is -2.35. The Bertz CT molecular complexity index is 700. The molecule has 0 saturated heterocycles. The van der Waals surface area contributed by atoms with Crippen molar-refractivity contribution in [3.05, 3.63) is 71.3 Å². The molecule has 2 atom stereocenters. The summed E-state index contributed by atoms with van der Waals surface area (Å²) in [6.07, 6.45) is 0. The molecule has 2 aromatic carbocycles. The van der Waals surface area contributed by atoms with Gasteiger partial charge in [-0.25, -0.2) is 0 Å². The summed E-state index contributed by atoms with van der Waals surface area (Å²) in [6.45, 7) is 7.66. The van der Waals surface area contributed by atoms with Gasteiger partial charge in [-0.1, -0.05) is 61.5 Å². The van der Waals surface area contributed by atoms with Crippen molar-refractivity contribution in [2.24, 2.45) is 11.7 Å². The van der Waals surface area contributed by atoms with Crippen LogP contribution in [0.1, 0.15) is 43.5 Å². The number of carbonyl (C=O) groups excluding carboxylic acids is 1. The minimum Gasteiger partial charge on any atom is -0.352 e. The van der Waals surface area contributed by atoms with Gasteiger partial charge in [0.05, 0.1) is 5.92 Å². The zero-order valence-electron chi connectivity index (χ0n) is 16.3. The van der Waals surface area contributed by atoms with Gasteiger partial charge in [0, 0.05) is 25.2 Å². The molecule has 0 aliphatic carbocycles. The van der Waals surface area contributed by atoms with E-state index in [-0.39, 0.29) is 17.9 Å². The molecule has 2 aromatic rings. The van der Waals surface area contributed by atoms with Crippen molar-refractivity contribution in [2.45, 2.75) is 45.9 Å². The Balaban J connectivity index is 1.92. The molecule has 2 unspecified atom stereocenters. The van der Waals surface area contributed by atoms with Crippen LogP contribution in [-0.2, 0) is 17.9 Å². The van der Waals surface area contributed by atoms with E-state index in [4.69, 9.17) is 5.73 Å². The Morgan fingerprint density at radius 2 is 1.69 bits per heavy atom. The first-order chi connectivity index (χ1) is 12.4. The Morgan fingerprint density at radius 3 is 2.35 bits per heavy atom. The van der Waals surface area contributed by atoms with Crippen molar-refractivity contribution >= 4 is 5.91 Å². The second-order valence-corrected chi connectivity index (χ2v) is 7.27. The summed E-state index contributed by atoms with van der Waals surface area (Å²) in [5.74, 6) is -0.307. The van der Waals surface area contributed by atoms with Crippen LogP contribution in [0.4, 0.5) is 0 Å². The molecular formula is C22H31N3O. The predicted molar refractivity (Wildman–Crippen MR) is 107 cm³/mol. The first-order valence-corrected chi connectivity index (χ1v) is 9.24. The molecule has 0 aliphatic rings. The smallest absolute Gasteiger partial charge is 0.225 e. The van der Waals surface area contributed by atoms with Gasteiger partial charge in [0.15, 0.2) is 0 Å². The van der Waals surface area contributed by atoms with E-state index in [2.05, 4.69) is 43.2 Å². The average Bonchev–Trinajstić information content (AvgIpc) is 2.65. The number of carbonyl (C=O) groups is 1. The first kappa shape index (κ1) is 20.1. The number of nitrogens with two attached hydrogens (primary N) is 1. The highest BCUT2D eigenvalue weighted by molar-refractivity contribution is 5.79. The van der Waals surface area contributed by atoms with Gasteiger partial charge in [-0.05, 0) is 37.6 Å². The molecule has 3 N–H and O–H groups in total. The number of rotatable bonds is 8. The summed E-state index contributed by atoms with van der Waals surface area (Å²) in [6, 6.07) is 18.3. The van der Waals surface area contributed by atoms with Crippen LogP contribution in [0.2, 0.25) is 0 Å². The molecule has 0 saturated carbocycles. The average molecular weight is 354 g/mol. The number of nitrogens with one attached hydrogen (secondary N) is 1. The normalized spacial score (nSPS) is 13.7. The molecule has 0 fully saturated rings. The number of hydrogen-bond acceptors (Lipinski definition) is 3. The fourth-order valence-electron chi connectivity index (χ4n) is 2.79. The third-order valence-corrected chi connectivity index (χ3v) is 4.91. The largest absolute Gasteiger partial charge is 0.352 e. The van der Waals surface area contributed by atoms with Gasteiger partial charge in [-0.15, -0.1) is 0 Å². The van der Waals surface area contributed by atoms with Gasteiger partial charge < -0.3 is 11.1 Å². The summed E-state index contributed by atoms with van der Waals surface area (Å²) in [5, 5.41) is 3.02. The fourth-order valence-corrected chi connectivity index (χ4v) is 2.79. The molecule has 26 heavy (non-hydrogen) atoms. The quantitative estimate of drug-likeness (QED) is 0.764. The lowest BCUT2D eigenvalue weighted by Gasteiger charge is -2.21. The summed E-state index contributed by atoms with van der Waals surface area (Å²) >= 11 is 0. The molecule has 4 heteroatoms. The van der Waals surface area contributed by atoms with E-state index in [0.717, 1.165) is 17.7 Å². The summed E-state index contributed by atoms with van der Waals surface area (Å²) in [7, 11) is 2.12. The molecule has 4 nitrogen and oxygen atoms in total. The molecule has 0 aromatic heterocycles. The lowest BCUT2D eigenvalue weighted by atomic mass is 9.94. The highest BCUT2D eigenvalue weighted by atomic mass is 16.1. The number of hydrogen-bond donors (Lipinski definition) is 2. The zero-order chi connectivity index (χ0) is 19.1. The Labute approximate surface area is 157 Å². The second-order valence-electron chi connectivity index (χ2n) is 7.27. The van der Waals surface area contributed by atoms with Crippen molar-refractivity contribution in [2.75, 3.05) is 7.05 Å². The van der Waals surface area contributed by atoms with Crippen molar-refractivity contribution in [3.63, 3.8) is 0 Å². The maximum absolute atomic E-state index is 12.5.